The molecule has 0 heterocycles. The summed E-state index contributed by atoms with van der Waals surface area (Å²) in [6, 6.07) is 6.66. The quantitative estimate of drug-likeness (QED) is 0.878. The zero-order valence-electron chi connectivity index (χ0n) is 10.6. The van der Waals surface area contributed by atoms with Crippen LogP contribution in [0.4, 0.5) is 0 Å². The van der Waals surface area contributed by atoms with Crippen molar-refractivity contribution in [1.29, 1.82) is 0 Å². The van der Waals surface area contributed by atoms with Gasteiger partial charge in [-0.3, -0.25) is 0 Å². The van der Waals surface area contributed by atoms with E-state index in [2.05, 4.69) is 20.7 Å². The molecule has 0 radical (unpaired) electrons. The Morgan fingerprint density at radius 1 is 1.21 bits per heavy atom. The number of rotatable bonds is 4. The van der Waals surface area contributed by atoms with E-state index in [0.717, 1.165) is 19.3 Å². The fraction of sp³-hybridized carbons (Fsp3) is 0.538. The van der Waals surface area contributed by atoms with Crippen LogP contribution >= 0.6 is 15.9 Å². The molecule has 0 aliphatic heterocycles. The monoisotopic (exact) mass is 347 g/mol. The summed E-state index contributed by atoms with van der Waals surface area (Å²) in [5, 5.41) is 10.3. The molecule has 1 aliphatic carbocycles. The summed E-state index contributed by atoms with van der Waals surface area (Å²) in [5.41, 5.74) is -0.896. The second kappa shape index (κ2) is 5.91. The van der Waals surface area contributed by atoms with E-state index < -0.39 is 15.6 Å². The topological polar surface area (TPSA) is 66.4 Å². The van der Waals surface area contributed by atoms with Gasteiger partial charge in [-0.05, 0) is 40.9 Å². The minimum Gasteiger partial charge on any atom is -0.389 e. The Morgan fingerprint density at radius 2 is 1.84 bits per heavy atom. The first-order valence-electron chi connectivity index (χ1n) is 6.40. The number of halogens is 1. The van der Waals surface area contributed by atoms with Gasteiger partial charge in [0.25, 0.3) is 0 Å². The van der Waals surface area contributed by atoms with Crippen LogP contribution < -0.4 is 4.72 Å². The molecule has 1 aromatic carbocycles. The van der Waals surface area contributed by atoms with Crippen LogP contribution in [0, 0.1) is 0 Å². The molecule has 0 unspecified atom stereocenters. The highest BCUT2D eigenvalue weighted by Crippen LogP contribution is 2.28. The van der Waals surface area contributed by atoms with E-state index in [1.165, 1.54) is 6.07 Å². The molecular formula is C13H18BrNO3S. The van der Waals surface area contributed by atoms with Crippen molar-refractivity contribution in [1.82, 2.24) is 4.72 Å². The molecule has 0 spiro atoms. The standard InChI is InChI=1S/C13H18BrNO3S/c14-11-6-2-3-7-12(11)19(17,18)15-10-13(16)8-4-1-5-9-13/h2-3,6-7,15-16H,1,4-5,8-10H2. The van der Waals surface area contributed by atoms with Crippen molar-refractivity contribution in [2.24, 2.45) is 0 Å². The molecule has 6 heteroatoms. The summed E-state index contributed by atoms with van der Waals surface area (Å²) in [6.07, 6.45) is 4.33. The first kappa shape index (κ1) is 15.0. The van der Waals surface area contributed by atoms with Crippen LogP contribution in [0.5, 0.6) is 0 Å². The van der Waals surface area contributed by atoms with E-state index in [1.54, 1.807) is 18.2 Å². The van der Waals surface area contributed by atoms with Crippen molar-refractivity contribution in [3.8, 4) is 0 Å². The lowest BCUT2D eigenvalue weighted by Gasteiger charge is -2.32. The number of hydrogen-bond acceptors (Lipinski definition) is 3. The Morgan fingerprint density at radius 3 is 2.47 bits per heavy atom. The van der Waals surface area contributed by atoms with E-state index >= 15 is 0 Å². The highest BCUT2D eigenvalue weighted by atomic mass is 79.9. The maximum absolute atomic E-state index is 12.2. The molecule has 4 nitrogen and oxygen atoms in total. The van der Waals surface area contributed by atoms with E-state index in [0.29, 0.717) is 17.3 Å². The Labute approximate surface area is 122 Å². The lowest BCUT2D eigenvalue weighted by Crippen LogP contribution is -2.44. The van der Waals surface area contributed by atoms with Gasteiger partial charge in [-0.1, -0.05) is 31.4 Å². The molecule has 2 N–H and O–H groups in total. The fourth-order valence-corrected chi connectivity index (χ4v) is 4.48. The van der Waals surface area contributed by atoms with Gasteiger partial charge in [0.15, 0.2) is 0 Å². The number of sulfonamides is 1. The first-order valence-corrected chi connectivity index (χ1v) is 8.67. The third-order valence-corrected chi connectivity index (χ3v) is 5.92. The van der Waals surface area contributed by atoms with Crippen LogP contribution in [0.25, 0.3) is 0 Å². The van der Waals surface area contributed by atoms with E-state index in [9.17, 15) is 13.5 Å². The Bertz CT molecular complexity index is 539. The lowest BCUT2D eigenvalue weighted by atomic mass is 9.85. The number of benzene rings is 1. The van der Waals surface area contributed by atoms with Gasteiger partial charge in [-0.25, -0.2) is 13.1 Å². The Hall–Kier alpha value is -0.430. The van der Waals surface area contributed by atoms with Crippen molar-refractivity contribution >= 4 is 26.0 Å². The van der Waals surface area contributed by atoms with Crippen LogP contribution in [0.1, 0.15) is 32.1 Å². The molecule has 0 aromatic heterocycles. The predicted molar refractivity (Wildman–Crippen MR) is 77.4 cm³/mol. The van der Waals surface area contributed by atoms with Gasteiger partial charge < -0.3 is 5.11 Å². The fourth-order valence-electron chi connectivity index (χ4n) is 2.36. The third kappa shape index (κ3) is 3.78. The molecular weight excluding hydrogens is 330 g/mol. The van der Waals surface area contributed by atoms with Gasteiger partial charge >= 0.3 is 0 Å². The Kier molecular flexibility index (Phi) is 4.66. The van der Waals surface area contributed by atoms with Crippen LogP contribution in [-0.4, -0.2) is 25.7 Å². The molecule has 1 fully saturated rings. The molecule has 1 aromatic rings. The number of hydrogen-bond donors (Lipinski definition) is 2. The minimum absolute atomic E-state index is 0.0800. The summed E-state index contributed by atoms with van der Waals surface area (Å²) >= 11 is 3.23. The zero-order chi connectivity index (χ0) is 13.9. The van der Waals surface area contributed by atoms with Crippen LogP contribution in [-0.2, 0) is 10.0 Å². The van der Waals surface area contributed by atoms with Gasteiger partial charge in [0.2, 0.25) is 10.0 Å². The van der Waals surface area contributed by atoms with E-state index in [4.69, 9.17) is 0 Å². The molecule has 0 atom stereocenters. The van der Waals surface area contributed by atoms with Gasteiger partial charge in [-0.2, -0.15) is 0 Å². The minimum atomic E-state index is -3.59. The number of aliphatic hydroxyl groups is 1. The normalized spacial score (nSPS) is 19.3. The SMILES string of the molecule is O=S(=O)(NCC1(O)CCCCC1)c1ccccc1Br. The highest BCUT2D eigenvalue weighted by molar-refractivity contribution is 9.10. The van der Waals surface area contributed by atoms with E-state index in [1.807, 2.05) is 0 Å². The average Bonchev–Trinajstić information content (AvgIpc) is 2.38. The Balaban J connectivity index is 2.08. The second-order valence-electron chi connectivity index (χ2n) is 5.04. The molecule has 106 valence electrons. The predicted octanol–water partition coefficient (Wildman–Crippen LogP) is 2.42. The smallest absolute Gasteiger partial charge is 0.241 e. The maximum atomic E-state index is 12.2. The summed E-state index contributed by atoms with van der Waals surface area (Å²) < 4.78 is 27.4. The van der Waals surface area contributed by atoms with Gasteiger partial charge in [0, 0.05) is 11.0 Å². The first-order chi connectivity index (χ1) is 8.93. The molecule has 1 saturated carbocycles. The maximum Gasteiger partial charge on any atom is 0.241 e. The van der Waals surface area contributed by atoms with Crippen molar-refractivity contribution in [3.63, 3.8) is 0 Å². The van der Waals surface area contributed by atoms with Crippen LogP contribution in [0.2, 0.25) is 0 Å². The highest BCUT2D eigenvalue weighted by Gasteiger charge is 2.31. The molecule has 2 rings (SSSR count). The molecule has 19 heavy (non-hydrogen) atoms. The van der Waals surface area contributed by atoms with Gasteiger partial charge in [0.05, 0.1) is 10.5 Å². The van der Waals surface area contributed by atoms with Crippen LogP contribution in [0.15, 0.2) is 33.6 Å². The van der Waals surface area contributed by atoms with Crippen molar-refractivity contribution < 1.29 is 13.5 Å². The van der Waals surface area contributed by atoms with Gasteiger partial charge in [-0.15, -0.1) is 0 Å². The number of nitrogens with one attached hydrogen (secondary N) is 1. The van der Waals surface area contributed by atoms with Gasteiger partial charge in [0.1, 0.15) is 0 Å². The molecule has 0 bridgehead atoms. The van der Waals surface area contributed by atoms with Crippen LogP contribution in [0.3, 0.4) is 0 Å². The zero-order valence-corrected chi connectivity index (χ0v) is 13.0. The van der Waals surface area contributed by atoms with Crippen molar-refractivity contribution in [3.05, 3.63) is 28.7 Å². The summed E-state index contributed by atoms with van der Waals surface area (Å²) in [4.78, 5) is 0.203. The molecule has 1 aliphatic rings. The lowest BCUT2D eigenvalue weighted by molar-refractivity contribution is 0.00945. The second-order valence-corrected chi connectivity index (χ2v) is 7.63. The van der Waals surface area contributed by atoms with Crippen molar-refractivity contribution in [2.75, 3.05) is 6.54 Å². The average molecular weight is 348 g/mol. The summed E-state index contributed by atoms with van der Waals surface area (Å²) in [7, 11) is -3.59. The largest absolute Gasteiger partial charge is 0.389 e. The third-order valence-electron chi connectivity index (χ3n) is 3.50. The molecule has 0 saturated heterocycles. The molecule has 0 amide bonds. The van der Waals surface area contributed by atoms with E-state index in [-0.39, 0.29) is 11.4 Å². The van der Waals surface area contributed by atoms with Crippen molar-refractivity contribution in [2.45, 2.75) is 42.6 Å². The summed E-state index contributed by atoms with van der Waals surface area (Å²) in [6.45, 7) is 0.0800. The summed E-state index contributed by atoms with van der Waals surface area (Å²) in [5.74, 6) is 0.